The summed E-state index contributed by atoms with van der Waals surface area (Å²) >= 11 is 0. The Kier molecular flexibility index (Phi) is 3.66. The van der Waals surface area contributed by atoms with E-state index in [0.717, 1.165) is 37.6 Å². The fourth-order valence-corrected chi connectivity index (χ4v) is 2.34. The van der Waals surface area contributed by atoms with Gasteiger partial charge in [0.2, 0.25) is 11.7 Å². The molecule has 0 aliphatic carbocycles. The number of nitrogens with zero attached hydrogens (tertiary/aromatic N) is 3. The summed E-state index contributed by atoms with van der Waals surface area (Å²) in [6.07, 6.45) is 0. The molecular weight excluding hydrogens is 256 g/mol. The number of ether oxygens (including phenoxy) is 1. The number of hydrogen-bond acceptors (Lipinski definition) is 6. The second-order valence-electron chi connectivity index (χ2n) is 4.84. The molecule has 1 saturated heterocycles. The van der Waals surface area contributed by atoms with Crippen molar-refractivity contribution < 1.29 is 9.26 Å². The summed E-state index contributed by atoms with van der Waals surface area (Å²) < 4.78 is 10.5. The molecule has 1 aliphatic rings. The standard InChI is InChI=1S/C14H18N4O2/c1-10-2-3-11(14-16-13(9-15)20-17-14)12(8-10)18-4-6-19-7-5-18/h2-3,8H,4-7,9,15H2,1H3. The fraction of sp³-hybridized carbons (Fsp3) is 0.429. The third-order valence-electron chi connectivity index (χ3n) is 3.39. The maximum Gasteiger partial charge on any atom is 0.240 e. The van der Waals surface area contributed by atoms with E-state index in [4.69, 9.17) is 15.0 Å². The lowest BCUT2D eigenvalue weighted by Crippen LogP contribution is -2.36. The fourth-order valence-electron chi connectivity index (χ4n) is 2.34. The maximum absolute atomic E-state index is 5.52. The van der Waals surface area contributed by atoms with E-state index in [2.05, 4.69) is 34.1 Å². The lowest BCUT2D eigenvalue weighted by Gasteiger charge is -2.30. The predicted octanol–water partition coefficient (Wildman–Crippen LogP) is 1.34. The molecule has 6 nitrogen and oxygen atoms in total. The predicted molar refractivity (Wildman–Crippen MR) is 75.4 cm³/mol. The lowest BCUT2D eigenvalue weighted by molar-refractivity contribution is 0.122. The van der Waals surface area contributed by atoms with Gasteiger partial charge in [-0.15, -0.1) is 0 Å². The Hall–Kier alpha value is -1.92. The Labute approximate surface area is 117 Å². The molecular formula is C14H18N4O2. The number of morpholine rings is 1. The molecule has 1 aromatic carbocycles. The van der Waals surface area contributed by atoms with Gasteiger partial charge in [-0.2, -0.15) is 4.98 Å². The van der Waals surface area contributed by atoms with Crippen LogP contribution in [0.3, 0.4) is 0 Å². The van der Waals surface area contributed by atoms with Crippen LogP contribution in [0.5, 0.6) is 0 Å². The first-order valence-corrected chi connectivity index (χ1v) is 6.74. The van der Waals surface area contributed by atoms with Gasteiger partial charge in [0.25, 0.3) is 0 Å². The van der Waals surface area contributed by atoms with Crippen molar-refractivity contribution >= 4 is 5.69 Å². The van der Waals surface area contributed by atoms with Crippen LogP contribution in [0.2, 0.25) is 0 Å². The molecule has 1 aliphatic heterocycles. The largest absolute Gasteiger partial charge is 0.378 e. The lowest BCUT2D eigenvalue weighted by atomic mass is 10.1. The van der Waals surface area contributed by atoms with Gasteiger partial charge in [-0.05, 0) is 24.6 Å². The van der Waals surface area contributed by atoms with Gasteiger partial charge in [-0.25, -0.2) is 0 Å². The van der Waals surface area contributed by atoms with Crippen molar-refractivity contribution in [1.82, 2.24) is 10.1 Å². The first-order chi connectivity index (χ1) is 9.78. The van der Waals surface area contributed by atoms with Crippen LogP contribution in [0.1, 0.15) is 11.5 Å². The highest BCUT2D eigenvalue weighted by Crippen LogP contribution is 2.30. The van der Waals surface area contributed by atoms with Gasteiger partial charge in [0.1, 0.15) is 0 Å². The van der Waals surface area contributed by atoms with Gasteiger partial charge >= 0.3 is 0 Å². The van der Waals surface area contributed by atoms with Gasteiger partial charge in [0, 0.05) is 24.3 Å². The summed E-state index contributed by atoms with van der Waals surface area (Å²) in [5, 5.41) is 4.02. The van der Waals surface area contributed by atoms with E-state index in [-0.39, 0.29) is 6.54 Å². The normalized spacial score (nSPS) is 15.6. The molecule has 1 fully saturated rings. The van der Waals surface area contributed by atoms with E-state index in [9.17, 15) is 0 Å². The highest BCUT2D eigenvalue weighted by atomic mass is 16.5. The second kappa shape index (κ2) is 5.60. The minimum absolute atomic E-state index is 0.256. The Bertz CT molecular complexity index is 591. The Morgan fingerprint density at radius 1 is 1.30 bits per heavy atom. The summed E-state index contributed by atoms with van der Waals surface area (Å²) in [5.41, 5.74) is 8.83. The monoisotopic (exact) mass is 274 g/mol. The minimum atomic E-state index is 0.256. The average molecular weight is 274 g/mol. The van der Waals surface area contributed by atoms with Crippen LogP contribution in [-0.4, -0.2) is 36.4 Å². The van der Waals surface area contributed by atoms with Crippen molar-refractivity contribution in [2.45, 2.75) is 13.5 Å². The molecule has 20 heavy (non-hydrogen) atoms. The summed E-state index contributed by atoms with van der Waals surface area (Å²) in [4.78, 5) is 6.62. The summed E-state index contributed by atoms with van der Waals surface area (Å²) in [6, 6.07) is 6.24. The zero-order chi connectivity index (χ0) is 13.9. The highest BCUT2D eigenvalue weighted by Gasteiger charge is 2.18. The molecule has 0 amide bonds. The molecule has 2 N–H and O–H groups in total. The molecule has 2 aromatic rings. The molecule has 0 saturated carbocycles. The van der Waals surface area contributed by atoms with Gasteiger partial charge in [-0.3, -0.25) is 0 Å². The van der Waals surface area contributed by atoms with E-state index < -0.39 is 0 Å². The number of nitrogens with two attached hydrogens (primary N) is 1. The summed E-state index contributed by atoms with van der Waals surface area (Å²) in [7, 11) is 0. The number of anilines is 1. The zero-order valence-corrected chi connectivity index (χ0v) is 11.5. The van der Waals surface area contributed by atoms with Crippen LogP contribution in [0.15, 0.2) is 22.7 Å². The molecule has 3 rings (SSSR count). The van der Waals surface area contributed by atoms with Crippen molar-refractivity contribution in [3.8, 4) is 11.4 Å². The first-order valence-electron chi connectivity index (χ1n) is 6.74. The summed E-state index contributed by atoms with van der Waals surface area (Å²) in [6.45, 7) is 5.57. The molecule has 1 aromatic heterocycles. The SMILES string of the molecule is Cc1ccc(-c2noc(CN)n2)c(N2CCOCC2)c1. The Morgan fingerprint density at radius 2 is 2.10 bits per heavy atom. The molecule has 2 heterocycles. The topological polar surface area (TPSA) is 77.4 Å². The minimum Gasteiger partial charge on any atom is -0.378 e. The second-order valence-corrected chi connectivity index (χ2v) is 4.84. The van der Waals surface area contributed by atoms with Gasteiger partial charge < -0.3 is 19.9 Å². The number of aryl methyl sites for hydroxylation is 1. The van der Waals surface area contributed by atoms with Crippen LogP contribution in [0.25, 0.3) is 11.4 Å². The van der Waals surface area contributed by atoms with Crippen molar-refractivity contribution in [3.05, 3.63) is 29.7 Å². The smallest absolute Gasteiger partial charge is 0.240 e. The van der Waals surface area contributed by atoms with E-state index in [1.807, 2.05) is 6.07 Å². The van der Waals surface area contributed by atoms with E-state index in [1.54, 1.807) is 0 Å². The van der Waals surface area contributed by atoms with Crippen molar-refractivity contribution in [2.75, 3.05) is 31.2 Å². The number of hydrogen-bond donors (Lipinski definition) is 1. The Balaban J connectivity index is 2.00. The quantitative estimate of drug-likeness (QED) is 0.910. The van der Waals surface area contributed by atoms with Crippen LogP contribution < -0.4 is 10.6 Å². The highest BCUT2D eigenvalue weighted by molar-refractivity contribution is 5.75. The van der Waals surface area contributed by atoms with Crippen LogP contribution in [0.4, 0.5) is 5.69 Å². The maximum atomic E-state index is 5.52. The van der Waals surface area contributed by atoms with E-state index >= 15 is 0 Å². The van der Waals surface area contributed by atoms with Crippen LogP contribution in [-0.2, 0) is 11.3 Å². The van der Waals surface area contributed by atoms with Crippen molar-refractivity contribution in [3.63, 3.8) is 0 Å². The number of aromatic nitrogens is 2. The molecule has 0 radical (unpaired) electrons. The van der Waals surface area contributed by atoms with Gasteiger partial charge in [0.05, 0.1) is 19.8 Å². The Morgan fingerprint density at radius 3 is 2.80 bits per heavy atom. The van der Waals surface area contributed by atoms with Crippen molar-refractivity contribution in [2.24, 2.45) is 5.73 Å². The third kappa shape index (κ3) is 2.52. The molecule has 0 unspecified atom stereocenters. The van der Waals surface area contributed by atoms with E-state index in [0.29, 0.717) is 11.7 Å². The molecule has 0 spiro atoms. The average Bonchev–Trinajstić information content (AvgIpc) is 2.97. The molecule has 0 atom stereocenters. The van der Waals surface area contributed by atoms with E-state index in [1.165, 1.54) is 5.56 Å². The van der Waals surface area contributed by atoms with Gasteiger partial charge in [0.15, 0.2) is 0 Å². The summed E-state index contributed by atoms with van der Waals surface area (Å²) in [5.74, 6) is 1.04. The van der Waals surface area contributed by atoms with Gasteiger partial charge in [-0.1, -0.05) is 11.2 Å². The number of rotatable bonds is 3. The van der Waals surface area contributed by atoms with Crippen LogP contribution in [0, 0.1) is 6.92 Å². The first kappa shape index (κ1) is 13.1. The molecule has 0 bridgehead atoms. The zero-order valence-electron chi connectivity index (χ0n) is 11.5. The number of benzene rings is 1. The van der Waals surface area contributed by atoms with Crippen LogP contribution >= 0.6 is 0 Å². The molecule has 6 heteroatoms. The van der Waals surface area contributed by atoms with Crippen molar-refractivity contribution in [1.29, 1.82) is 0 Å². The molecule has 106 valence electrons. The third-order valence-corrected chi connectivity index (χ3v) is 3.39.